The van der Waals surface area contributed by atoms with Crippen LogP contribution >= 0.6 is 0 Å². The lowest BCUT2D eigenvalue weighted by molar-refractivity contribution is -0.150. The number of nitrogens with one attached hydrogen (secondary N) is 1. The highest BCUT2D eigenvalue weighted by Gasteiger charge is 2.34. The van der Waals surface area contributed by atoms with E-state index in [0.717, 1.165) is 11.1 Å². The smallest absolute Gasteiger partial charge is 0.302 e. The molecule has 0 aliphatic rings. The van der Waals surface area contributed by atoms with Crippen molar-refractivity contribution in [2.24, 2.45) is 0 Å². The third kappa shape index (κ3) is 12.8. The fraction of sp³-hybridized carbons (Fsp3) is 0.423. The Hall–Kier alpha value is -3.47. The molecular weight excluding hydrogens is 434 g/mol. The van der Waals surface area contributed by atoms with Crippen LogP contribution < -0.4 is 5.32 Å². The van der Waals surface area contributed by atoms with Gasteiger partial charge in [-0.05, 0) is 54.2 Å². The fourth-order valence-corrected chi connectivity index (χ4v) is 3.13. The van der Waals surface area contributed by atoms with Crippen LogP contribution in [-0.4, -0.2) is 44.7 Å². The van der Waals surface area contributed by atoms with E-state index >= 15 is 0 Å². The summed E-state index contributed by atoms with van der Waals surface area (Å²) < 4.78 is 10.3. The zero-order chi connectivity index (χ0) is 24.9. The predicted molar refractivity (Wildman–Crippen MR) is 130 cm³/mol. The lowest BCUT2D eigenvalue weighted by Gasteiger charge is -2.33. The van der Waals surface area contributed by atoms with E-state index in [2.05, 4.69) is 60.1 Å². The molecule has 1 N–H and O–H groups in total. The van der Waals surface area contributed by atoms with Crippen molar-refractivity contribution in [2.45, 2.75) is 58.8 Å². The van der Waals surface area contributed by atoms with E-state index in [1.807, 2.05) is 24.3 Å². The number of ether oxygens (including phenoxy) is 2. The van der Waals surface area contributed by atoms with Crippen LogP contribution in [0.3, 0.4) is 0 Å². The first-order chi connectivity index (χ1) is 15.4. The van der Waals surface area contributed by atoms with E-state index in [-0.39, 0.29) is 19.1 Å². The SMILES string of the molecule is CC(=O)NC(CCc1ccc(C#CC#CC#C[Si](C)(C)C)cc1)(COC(C)=O)COC(C)=O. The maximum Gasteiger partial charge on any atom is 0.302 e. The Morgan fingerprint density at radius 2 is 1.42 bits per heavy atom. The zero-order valence-corrected chi connectivity index (χ0v) is 21.2. The van der Waals surface area contributed by atoms with Crippen LogP contribution in [0, 0.1) is 35.1 Å². The number of benzene rings is 1. The van der Waals surface area contributed by atoms with Crippen molar-refractivity contribution in [1.29, 1.82) is 0 Å². The number of hydrogen-bond donors (Lipinski definition) is 1. The first-order valence-electron chi connectivity index (χ1n) is 10.6. The van der Waals surface area contributed by atoms with Crippen molar-refractivity contribution in [3.8, 4) is 35.1 Å². The Morgan fingerprint density at radius 1 is 0.879 bits per heavy atom. The number of carbonyl (C=O) groups is 3. The third-order valence-corrected chi connectivity index (χ3v) is 5.10. The van der Waals surface area contributed by atoms with Crippen molar-refractivity contribution >= 4 is 25.9 Å². The lowest BCUT2D eigenvalue weighted by Crippen LogP contribution is -2.55. The summed E-state index contributed by atoms with van der Waals surface area (Å²) in [6.45, 7) is 10.2. The van der Waals surface area contributed by atoms with Gasteiger partial charge in [-0.25, -0.2) is 0 Å². The van der Waals surface area contributed by atoms with Crippen molar-refractivity contribution in [3.63, 3.8) is 0 Å². The molecule has 0 fully saturated rings. The average Bonchev–Trinajstić information content (AvgIpc) is 2.71. The Kier molecular flexibility index (Phi) is 11.0. The molecule has 33 heavy (non-hydrogen) atoms. The molecule has 0 unspecified atom stereocenters. The van der Waals surface area contributed by atoms with Gasteiger partial charge >= 0.3 is 11.9 Å². The minimum atomic E-state index is -1.42. The molecule has 0 saturated carbocycles. The molecule has 0 heterocycles. The predicted octanol–water partition coefficient (Wildman–Crippen LogP) is 2.86. The number of amides is 1. The molecule has 0 radical (unpaired) electrons. The number of aryl methyl sites for hydroxylation is 1. The van der Waals surface area contributed by atoms with E-state index in [9.17, 15) is 14.4 Å². The topological polar surface area (TPSA) is 81.7 Å². The van der Waals surface area contributed by atoms with Crippen molar-refractivity contribution in [1.82, 2.24) is 5.32 Å². The summed E-state index contributed by atoms with van der Waals surface area (Å²) in [6, 6.07) is 7.63. The lowest BCUT2D eigenvalue weighted by atomic mass is 9.92. The fourth-order valence-electron chi connectivity index (χ4n) is 2.70. The molecule has 7 heteroatoms. The van der Waals surface area contributed by atoms with Crippen molar-refractivity contribution in [2.75, 3.05) is 13.2 Å². The monoisotopic (exact) mass is 465 g/mol. The Bertz CT molecular complexity index is 1020. The average molecular weight is 466 g/mol. The van der Waals surface area contributed by atoms with Gasteiger partial charge in [0.05, 0.1) is 0 Å². The first kappa shape index (κ1) is 27.6. The Morgan fingerprint density at radius 3 is 1.91 bits per heavy atom. The summed E-state index contributed by atoms with van der Waals surface area (Å²) in [7, 11) is -1.42. The Balaban J connectivity index is 2.90. The zero-order valence-electron chi connectivity index (χ0n) is 20.2. The second-order valence-electron chi connectivity index (χ2n) is 8.72. The summed E-state index contributed by atoms with van der Waals surface area (Å²) in [5.74, 6) is 12.9. The molecule has 174 valence electrons. The largest absolute Gasteiger partial charge is 0.463 e. The number of rotatable bonds is 8. The van der Waals surface area contributed by atoms with Crippen LogP contribution in [0.5, 0.6) is 0 Å². The van der Waals surface area contributed by atoms with Crippen molar-refractivity contribution in [3.05, 3.63) is 35.4 Å². The van der Waals surface area contributed by atoms with E-state index in [1.165, 1.54) is 20.8 Å². The van der Waals surface area contributed by atoms with Gasteiger partial charge in [-0.1, -0.05) is 37.7 Å². The highest BCUT2D eigenvalue weighted by Crippen LogP contribution is 2.18. The van der Waals surface area contributed by atoms with E-state index in [1.54, 1.807) is 0 Å². The summed E-state index contributed by atoms with van der Waals surface area (Å²) in [4.78, 5) is 34.5. The maximum absolute atomic E-state index is 11.8. The van der Waals surface area contributed by atoms with Gasteiger partial charge in [-0.15, -0.1) is 5.54 Å². The summed E-state index contributed by atoms with van der Waals surface area (Å²) in [5.41, 5.74) is 3.95. The van der Waals surface area contributed by atoms with Gasteiger partial charge in [-0.3, -0.25) is 14.4 Å². The van der Waals surface area contributed by atoms with Gasteiger partial charge in [0.25, 0.3) is 0 Å². The highest BCUT2D eigenvalue weighted by atomic mass is 28.3. The van der Waals surface area contributed by atoms with E-state index < -0.39 is 25.6 Å². The first-order valence-corrected chi connectivity index (χ1v) is 14.1. The van der Waals surface area contributed by atoms with Gasteiger partial charge in [0.2, 0.25) is 5.91 Å². The van der Waals surface area contributed by atoms with Gasteiger partial charge < -0.3 is 14.8 Å². The molecule has 1 rings (SSSR count). The second-order valence-corrected chi connectivity index (χ2v) is 13.5. The summed E-state index contributed by atoms with van der Waals surface area (Å²) in [5, 5.41) is 2.80. The van der Waals surface area contributed by atoms with E-state index in [0.29, 0.717) is 12.8 Å². The molecule has 0 spiro atoms. The van der Waals surface area contributed by atoms with Gasteiger partial charge in [0.1, 0.15) is 26.8 Å². The third-order valence-electron chi connectivity index (χ3n) is 4.22. The standard InChI is InChI=1S/C26H31NO5Si/c1-21(28)27-26(19-31-22(2)29,20-32-23(3)30)17-16-25-14-12-24(13-15-25)11-9-7-8-10-18-33(4,5)6/h12-15H,16-17,19-20H2,1-6H3,(H,27,28). The number of carbonyl (C=O) groups excluding carboxylic acids is 3. The van der Waals surface area contributed by atoms with Crippen LogP contribution in [-0.2, 0) is 30.3 Å². The molecule has 0 aromatic heterocycles. The van der Waals surface area contributed by atoms with Crippen LogP contribution in [0.1, 0.15) is 38.3 Å². The molecular formula is C26H31NO5Si. The van der Waals surface area contributed by atoms with Gasteiger partial charge in [0.15, 0.2) is 0 Å². The maximum atomic E-state index is 11.8. The van der Waals surface area contributed by atoms with Crippen LogP contribution in [0.15, 0.2) is 24.3 Å². The molecule has 0 bridgehead atoms. The summed E-state index contributed by atoms with van der Waals surface area (Å²) in [6.07, 6.45) is 0.960. The molecule has 1 amide bonds. The minimum Gasteiger partial charge on any atom is -0.463 e. The normalized spacial score (nSPS) is 10.2. The second kappa shape index (κ2) is 13.2. The van der Waals surface area contributed by atoms with Gasteiger partial charge in [-0.2, -0.15) is 0 Å². The molecule has 0 atom stereocenters. The molecule has 1 aromatic rings. The highest BCUT2D eigenvalue weighted by molar-refractivity contribution is 6.83. The number of esters is 2. The summed E-state index contributed by atoms with van der Waals surface area (Å²) >= 11 is 0. The molecule has 6 nitrogen and oxygen atoms in total. The minimum absolute atomic E-state index is 0.0992. The number of hydrogen-bond acceptors (Lipinski definition) is 5. The molecule has 0 aliphatic heterocycles. The van der Waals surface area contributed by atoms with Crippen LogP contribution in [0.2, 0.25) is 19.6 Å². The molecule has 0 aliphatic carbocycles. The quantitative estimate of drug-likeness (QED) is 0.363. The van der Waals surface area contributed by atoms with E-state index in [4.69, 9.17) is 9.47 Å². The van der Waals surface area contributed by atoms with Crippen molar-refractivity contribution < 1.29 is 23.9 Å². The van der Waals surface area contributed by atoms with Gasteiger partial charge in [0, 0.05) is 26.3 Å². The van der Waals surface area contributed by atoms with Crippen LogP contribution in [0.4, 0.5) is 0 Å². The Labute approximate surface area is 197 Å². The molecule has 1 aromatic carbocycles. The molecule has 0 saturated heterocycles. The van der Waals surface area contributed by atoms with Crippen LogP contribution in [0.25, 0.3) is 0 Å².